The third-order valence-electron chi connectivity index (χ3n) is 3.19. The van der Waals surface area contributed by atoms with Crippen molar-refractivity contribution in [3.63, 3.8) is 0 Å². The second-order valence-corrected chi connectivity index (χ2v) is 5.72. The Kier molecular flexibility index (Phi) is 4.41. The molecule has 0 saturated heterocycles. The summed E-state index contributed by atoms with van der Waals surface area (Å²) in [6.07, 6.45) is 3.95. The van der Waals surface area contributed by atoms with E-state index >= 15 is 0 Å². The molecule has 1 aliphatic carbocycles. The van der Waals surface area contributed by atoms with Gasteiger partial charge in [-0.15, -0.1) is 0 Å². The first-order chi connectivity index (χ1) is 8.15. The van der Waals surface area contributed by atoms with Gasteiger partial charge in [0.05, 0.1) is 5.69 Å². The molecule has 1 saturated carbocycles. The largest absolute Gasteiger partial charge is 0.295 e. The lowest BCUT2D eigenvalue weighted by Crippen LogP contribution is -2.28. The summed E-state index contributed by atoms with van der Waals surface area (Å²) >= 11 is 5.92. The zero-order valence-corrected chi connectivity index (χ0v) is 11.5. The summed E-state index contributed by atoms with van der Waals surface area (Å²) in [5.74, 6) is 0.767. The van der Waals surface area contributed by atoms with Gasteiger partial charge in [-0.05, 0) is 43.9 Å². The van der Waals surface area contributed by atoms with Gasteiger partial charge in [-0.1, -0.05) is 31.5 Å². The minimum Gasteiger partial charge on any atom is -0.295 e. The summed E-state index contributed by atoms with van der Waals surface area (Å²) in [6.45, 7) is 6.68. The molecule has 0 atom stereocenters. The molecule has 2 nitrogen and oxygen atoms in total. The van der Waals surface area contributed by atoms with E-state index in [4.69, 9.17) is 11.6 Å². The molecule has 0 N–H and O–H groups in total. The van der Waals surface area contributed by atoms with E-state index in [9.17, 15) is 0 Å². The van der Waals surface area contributed by atoms with Gasteiger partial charge in [-0.25, -0.2) is 4.98 Å². The molecule has 0 aliphatic heterocycles. The van der Waals surface area contributed by atoms with Crippen LogP contribution in [0, 0.1) is 5.92 Å². The third kappa shape index (κ3) is 4.29. The minimum atomic E-state index is 0.599. The van der Waals surface area contributed by atoms with Crippen LogP contribution >= 0.6 is 11.6 Å². The standard InChI is InChI=1S/C14H21ClN2/c1-11(2)8-9-17(13-6-7-13)10-12-4-3-5-14(15)16-12/h3-5,11,13H,6-10H2,1-2H3. The van der Waals surface area contributed by atoms with Gasteiger partial charge < -0.3 is 0 Å². The Hall–Kier alpha value is -0.600. The second kappa shape index (κ2) is 5.83. The average Bonchev–Trinajstić information content (AvgIpc) is 3.07. The number of hydrogen-bond acceptors (Lipinski definition) is 2. The van der Waals surface area contributed by atoms with E-state index in [0.29, 0.717) is 5.15 Å². The maximum Gasteiger partial charge on any atom is 0.129 e. The van der Waals surface area contributed by atoms with Crippen LogP contribution in [-0.4, -0.2) is 22.5 Å². The lowest BCUT2D eigenvalue weighted by Gasteiger charge is -2.22. The van der Waals surface area contributed by atoms with Crippen molar-refractivity contribution < 1.29 is 0 Å². The summed E-state index contributed by atoms with van der Waals surface area (Å²) in [7, 11) is 0. The molecule has 0 amide bonds. The lowest BCUT2D eigenvalue weighted by molar-refractivity contribution is 0.237. The Morgan fingerprint density at radius 3 is 2.76 bits per heavy atom. The van der Waals surface area contributed by atoms with E-state index in [1.807, 2.05) is 12.1 Å². The highest BCUT2D eigenvalue weighted by Gasteiger charge is 2.28. The van der Waals surface area contributed by atoms with Crippen molar-refractivity contribution in [2.45, 2.75) is 45.7 Å². The molecule has 1 aliphatic rings. The van der Waals surface area contributed by atoms with Crippen LogP contribution in [0.15, 0.2) is 18.2 Å². The van der Waals surface area contributed by atoms with Crippen molar-refractivity contribution in [1.82, 2.24) is 9.88 Å². The van der Waals surface area contributed by atoms with E-state index in [-0.39, 0.29) is 0 Å². The normalized spacial score (nSPS) is 15.8. The highest BCUT2D eigenvalue weighted by Crippen LogP contribution is 2.28. The topological polar surface area (TPSA) is 16.1 Å². The zero-order chi connectivity index (χ0) is 12.3. The van der Waals surface area contributed by atoms with E-state index in [0.717, 1.165) is 24.2 Å². The first-order valence-electron chi connectivity index (χ1n) is 6.50. The Morgan fingerprint density at radius 2 is 2.18 bits per heavy atom. The van der Waals surface area contributed by atoms with Crippen LogP contribution in [0.5, 0.6) is 0 Å². The maximum absolute atomic E-state index is 5.92. The van der Waals surface area contributed by atoms with Crippen LogP contribution in [0.25, 0.3) is 0 Å². The fourth-order valence-electron chi connectivity index (χ4n) is 2.00. The average molecular weight is 253 g/mol. The zero-order valence-electron chi connectivity index (χ0n) is 10.7. The fourth-order valence-corrected chi connectivity index (χ4v) is 2.18. The van der Waals surface area contributed by atoms with Gasteiger partial charge in [0.15, 0.2) is 0 Å². The molecule has 1 aromatic rings. The van der Waals surface area contributed by atoms with Gasteiger partial charge >= 0.3 is 0 Å². The summed E-state index contributed by atoms with van der Waals surface area (Å²) in [6, 6.07) is 6.67. The SMILES string of the molecule is CC(C)CCN(Cc1cccc(Cl)n1)C1CC1. The summed E-state index contributed by atoms with van der Waals surface area (Å²) in [5.41, 5.74) is 1.09. The number of rotatable bonds is 6. The molecule has 17 heavy (non-hydrogen) atoms. The molecule has 2 rings (SSSR count). The molecular weight excluding hydrogens is 232 g/mol. The molecule has 0 bridgehead atoms. The van der Waals surface area contributed by atoms with Crippen molar-refractivity contribution in [3.8, 4) is 0 Å². The van der Waals surface area contributed by atoms with Crippen LogP contribution in [0.2, 0.25) is 5.15 Å². The predicted molar refractivity (Wildman–Crippen MR) is 72.1 cm³/mol. The molecule has 0 radical (unpaired) electrons. The maximum atomic E-state index is 5.92. The lowest BCUT2D eigenvalue weighted by atomic mass is 10.1. The quantitative estimate of drug-likeness (QED) is 0.717. The van der Waals surface area contributed by atoms with Gasteiger partial charge in [0.25, 0.3) is 0 Å². The predicted octanol–water partition coefficient (Wildman–Crippen LogP) is 3.75. The third-order valence-corrected chi connectivity index (χ3v) is 3.41. The van der Waals surface area contributed by atoms with Crippen molar-refractivity contribution >= 4 is 11.6 Å². The van der Waals surface area contributed by atoms with Crippen molar-refractivity contribution in [2.75, 3.05) is 6.54 Å². The molecule has 1 aromatic heterocycles. The number of pyridine rings is 1. The van der Waals surface area contributed by atoms with Gasteiger partial charge in [0, 0.05) is 12.6 Å². The van der Waals surface area contributed by atoms with Crippen molar-refractivity contribution in [2.24, 2.45) is 5.92 Å². The number of halogens is 1. The van der Waals surface area contributed by atoms with Gasteiger partial charge in [0.1, 0.15) is 5.15 Å². The van der Waals surface area contributed by atoms with E-state index in [2.05, 4.69) is 29.8 Å². The van der Waals surface area contributed by atoms with Gasteiger partial charge in [0.2, 0.25) is 0 Å². The Morgan fingerprint density at radius 1 is 1.41 bits per heavy atom. The molecule has 94 valence electrons. The molecule has 3 heteroatoms. The summed E-state index contributed by atoms with van der Waals surface area (Å²) < 4.78 is 0. The fraction of sp³-hybridized carbons (Fsp3) is 0.643. The number of aromatic nitrogens is 1. The van der Waals surface area contributed by atoms with Crippen LogP contribution in [-0.2, 0) is 6.54 Å². The van der Waals surface area contributed by atoms with Crippen LogP contribution in [0.4, 0.5) is 0 Å². The Labute approximate surface area is 109 Å². The first kappa shape index (κ1) is 12.8. The molecule has 1 fully saturated rings. The van der Waals surface area contributed by atoms with Gasteiger partial charge in [-0.3, -0.25) is 4.90 Å². The van der Waals surface area contributed by atoms with Crippen molar-refractivity contribution in [1.29, 1.82) is 0 Å². The first-order valence-corrected chi connectivity index (χ1v) is 6.88. The molecule has 1 heterocycles. The second-order valence-electron chi connectivity index (χ2n) is 5.34. The van der Waals surface area contributed by atoms with Gasteiger partial charge in [-0.2, -0.15) is 0 Å². The van der Waals surface area contributed by atoms with Crippen molar-refractivity contribution in [3.05, 3.63) is 29.0 Å². The highest BCUT2D eigenvalue weighted by molar-refractivity contribution is 6.29. The molecule has 0 unspecified atom stereocenters. The van der Waals surface area contributed by atoms with E-state index in [1.165, 1.54) is 25.8 Å². The van der Waals surface area contributed by atoms with Crippen LogP contribution in [0.3, 0.4) is 0 Å². The number of hydrogen-bond donors (Lipinski definition) is 0. The minimum absolute atomic E-state index is 0.599. The number of nitrogens with zero attached hydrogens (tertiary/aromatic N) is 2. The molecular formula is C14H21ClN2. The van der Waals surface area contributed by atoms with Crippen LogP contribution in [0.1, 0.15) is 38.8 Å². The summed E-state index contributed by atoms with van der Waals surface area (Å²) in [4.78, 5) is 6.93. The van der Waals surface area contributed by atoms with Crippen LogP contribution < -0.4 is 0 Å². The smallest absolute Gasteiger partial charge is 0.129 e. The summed E-state index contributed by atoms with van der Waals surface area (Å²) in [5, 5.41) is 0.599. The Bertz CT molecular complexity index is 361. The molecule has 0 aromatic carbocycles. The van der Waals surface area contributed by atoms with E-state index < -0.39 is 0 Å². The highest BCUT2D eigenvalue weighted by atomic mass is 35.5. The Balaban J connectivity index is 1.93. The molecule has 0 spiro atoms. The monoisotopic (exact) mass is 252 g/mol. The van der Waals surface area contributed by atoms with E-state index in [1.54, 1.807) is 0 Å².